The van der Waals surface area contributed by atoms with Gasteiger partial charge >= 0.3 is 39.5 Å². The SMILES string of the molecule is CCCCCC/C=C\C=C/CCCCCCCC(=O)OC[C@H](COP(=O)(O)OC[C@@H](O)COP(=O)(O)OC[C@@H](COC(=O)CCCCCCCCC(C)CC)OC(=O)CCCCCCCCC(C)CC)OC(=O)CCCCCCC/C=C\C=C/CCCCCC. The molecule has 0 aliphatic rings. The van der Waals surface area contributed by atoms with Gasteiger partial charge in [0, 0.05) is 25.7 Å². The molecular formula is C71H130O17P2. The molecule has 17 nitrogen and oxygen atoms in total. The maximum atomic E-state index is 13.0. The fourth-order valence-electron chi connectivity index (χ4n) is 9.62. The van der Waals surface area contributed by atoms with Crippen molar-refractivity contribution < 1.29 is 80.2 Å². The van der Waals surface area contributed by atoms with Crippen LogP contribution < -0.4 is 0 Å². The van der Waals surface area contributed by atoms with Gasteiger partial charge in [0.05, 0.1) is 26.4 Å². The first-order chi connectivity index (χ1) is 43.4. The molecule has 0 rings (SSSR count). The molecular weight excluding hydrogens is 1190 g/mol. The van der Waals surface area contributed by atoms with Crippen LogP contribution >= 0.6 is 15.6 Å². The summed E-state index contributed by atoms with van der Waals surface area (Å²) in [5.74, 6) is -0.745. The van der Waals surface area contributed by atoms with Crippen LogP contribution in [0.5, 0.6) is 0 Å². The lowest BCUT2D eigenvalue weighted by Gasteiger charge is -2.21. The van der Waals surface area contributed by atoms with Crippen LogP contribution in [-0.4, -0.2) is 96.7 Å². The normalized spacial score (nSPS) is 15.1. The standard InChI is InChI=1S/C71H130O17P2/c1-7-11-13-15-17-19-21-23-25-27-29-31-33-41-47-53-68(73)81-59-66(87-70(75)55-49-43-34-32-30-28-26-24-22-20-18-16-14-12-8-2)61-85-89(77,78)83-57-65(72)58-84-90(79,80)86-62-67(88-71(76)56-50-44-38-36-40-46-52-64(6)10-4)60-82-69(74)54-48-42-37-35-39-45-51-63(5)9-3/h19-26,63-67,72H,7-18,27-62H2,1-6H3,(H,77,78)(H,79,80)/b21-19-,22-20-,25-23-,26-24-/t63?,64?,65-,66-,67-/m1/s1. The molecule has 0 saturated heterocycles. The number of rotatable bonds is 66. The summed E-state index contributed by atoms with van der Waals surface area (Å²) in [5, 5.41) is 10.6. The Hall–Kier alpha value is -2.98. The van der Waals surface area contributed by atoms with Crippen LogP contribution in [0.4, 0.5) is 0 Å². The molecule has 0 radical (unpaired) electrons. The summed E-state index contributed by atoms with van der Waals surface area (Å²) in [6, 6.07) is 0. The number of aliphatic hydroxyl groups is 1. The third kappa shape index (κ3) is 61.2. The number of carbonyl (C=O) groups excluding carboxylic acids is 4. The Morgan fingerprint density at radius 3 is 0.933 bits per heavy atom. The highest BCUT2D eigenvalue weighted by Crippen LogP contribution is 2.45. The van der Waals surface area contributed by atoms with E-state index in [2.05, 4.69) is 90.2 Å². The molecule has 0 aromatic carbocycles. The molecule has 0 aliphatic carbocycles. The highest BCUT2D eigenvalue weighted by molar-refractivity contribution is 7.47. The van der Waals surface area contributed by atoms with E-state index in [1.807, 2.05) is 0 Å². The van der Waals surface area contributed by atoms with Gasteiger partial charge in [-0.2, -0.15) is 0 Å². The van der Waals surface area contributed by atoms with Crippen molar-refractivity contribution in [3.63, 3.8) is 0 Å². The van der Waals surface area contributed by atoms with Crippen LogP contribution in [-0.2, 0) is 65.4 Å². The predicted octanol–water partition coefficient (Wildman–Crippen LogP) is 19.5. The molecule has 0 heterocycles. The highest BCUT2D eigenvalue weighted by atomic mass is 31.2. The lowest BCUT2D eigenvalue weighted by molar-refractivity contribution is -0.161. The zero-order chi connectivity index (χ0) is 66.5. The van der Waals surface area contributed by atoms with Gasteiger partial charge in [0.25, 0.3) is 0 Å². The minimum Gasteiger partial charge on any atom is -0.462 e. The second-order valence-electron chi connectivity index (χ2n) is 24.7. The Morgan fingerprint density at radius 2 is 0.622 bits per heavy atom. The van der Waals surface area contributed by atoms with Crippen LogP contribution in [0.25, 0.3) is 0 Å². The first-order valence-corrected chi connectivity index (χ1v) is 38.7. The molecule has 0 bridgehead atoms. The van der Waals surface area contributed by atoms with Gasteiger partial charge in [-0.1, -0.05) is 257 Å². The molecule has 7 atom stereocenters. The summed E-state index contributed by atoms with van der Waals surface area (Å²) >= 11 is 0. The number of allylic oxidation sites excluding steroid dienone is 8. The fraction of sp³-hybridized carbons (Fsp3) is 0.831. The van der Waals surface area contributed by atoms with E-state index in [0.717, 1.165) is 140 Å². The van der Waals surface area contributed by atoms with Crippen molar-refractivity contribution >= 4 is 39.5 Å². The van der Waals surface area contributed by atoms with Gasteiger partial charge < -0.3 is 33.8 Å². The molecule has 3 N–H and O–H groups in total. The topological polar surface area (TPSA) is 237 Å². The molecule has 0 spiro atoms. The van der Waals surface area contributed by atoms with Crippen LogP contribution in [0, 0.1) is 11.8 Å². The number of unbranched alkanes of at least 4 members (excludes halogenated alkanes) is 28. The number of carbonyl (C=O) groups is 4. The molecule has 0 fully saturated rings. The van der Waals surface area contributed by atoms with Crippen molar-refractivity contribution in [3.8, 4) is 0 Å². The van der Waals surface area contributed by atoms with Crippen molar-refractivity contribution in [1.29, 1.82) is 0 Å². The van der Waals surface area contributed by atoms with E-state index >= 15 is 0 Å². The zero-order valence-corrected chi connectivity index (χ0v) is 59.2. The lowest BCUT2D eigenvalue weighted by atomic mass is 10.00. The summed E-state index contributed by atoms with van der Waals surface area (Å²) in [5.41, 5.74) is 0. The first kappa shape index (κ1) is 87.0. The number of hydrogen-bond donors (Lipinski definition) is 3. The Bertz CT molecular complexity index is 1940. The van der Waals surface area contributed by atoms with Gasteiger partial charge in [0.1, 0.15) is 19.3 Å². The second kappa shape index (κ2) is 62.2. The largest absolute Gasteiger partial charge is 0.472 e. The summed E-state index contributed by atoms with van der Waals surface area (Å²) < 4.78 is 68.2. The zero-order valence-electron chi connectivity index (χ0n) is 57.4. The van der Waals surface area contributed by atoms with Gasteiger partial charge in [-0.15, -0.1) is 0 Å². The smallest absolute Gasteiger partial charge is 0.462 e. The summed E-state index contributed by atoms with van der Waals surface area (Å²) in [6.07, 6.45) is 53.1. The van der Waals surface area contributed by atoms with Crippen molar-refractivity contribution in [2.75, 3.05) is 39.6 Å². The van der Waals surface area contributed by atoms with E-state index in [1.54, 1.807) is 0 Å². The average molecular weight is 1320 g/mol. The van der Waals surface area contributed by atoms with Crippen molar-refractivity contribution in [2.45, 2.75) is 330 Å². The molecule has 0 amide bonds. The molecule has 90 heavy (non-hydrogen) atoms. The van der Waals surface area contributed by atoms with Gasteiger partial charge in [-0.05, 0) is 88.9 Å². The van der Waals surface area contributed by atoms with Crippen molar-refractivity contribution in [2.24, 2.45) is 11.8 Å². The highest BCUT2D eigenvalue weighted by Gasteiger charge is 2.30. The number of aliphatic hydroxyl groups excluding tert-OH is 1. The number of phosphoric ester groups is 2. The lowest BCUT2D eigenvalue weighted by Crippen LogP contribution is -2.30. The molecule has 526 valence electrons. The van der Waals surface area contributed by atoms with Crippen molar-refractivity contribution in [1.82, 2.24) is 0 Å². The minimum atomic E-state index is -4.97. The van der Waals surface area contributed by atoms with Crippen LogP contribution in [0.2, 0.25) is 0 Å². The number of esters is 4. The Kier molecular flexibility index (Phi) is 60.1. The van der Waals surface area contributed by atoms with E-state index in [-0.39, 0.29) is 25.7 Å². The maximum Gasteiger partial charge on any atom is 0.472 e. The summed E-state index contributed by atoms with van der Waals surface area (Å²) in [7, 11) is -9.93. The van der Waals surface area contributed by atoms with Crippen molar-refractivity contribution in [3.05, 3.63) is 48.6 Å². The van der Waals surface area contributed by atoms with Crippen LogP contribution in [0.15, 0.2) is 48.6 Å². The summed E-state index contributed by atoms with van der Waals surface area (Å²) in [4.78, 5) is 72.5. The Labute approximate surface area is 547 Å². The van der Waals surface area contributed by atoms with Gasteiger partial charge in [0.15, 0.2) is 12.2 Å². The first-order valence-electron chi connectivity index (χ1n) is 35.7. The Balaban J connectivity index is 5.33. The second-order valence-corrected chi connectivity index (χ2v) is 27.6. The van der Waals surface area contributed by atoms with E-state index < -0.39 is 97.5 Å². The number of phosphoric acid groups is 2. The Morgan fingerprint density at radius 1 is 0.356 bits per heavy atom. The third-order valence-electron chi connectivity index (χ3n) is 15.9. The maximum absolute atomic E-state index is 13.0. The molecule has 0 saturated carbocycles. The monoisotopic (exact) mass is 1320 g/mol. The van der Waals surface area contributed by atoms with Crippen LogP contribution in [0.1, 0.15) is 311 Å². The molecule has 0 aliphatic heterocycles. The minimum absolute atomic E-state index is 0.0776. The van der Waals surface area contributed by atoms with E-state index in [1.165, 1.54) is 89.9 Å². The van der Waals surface area contributed by atoms with Gasteiger partial charge in [-0.3, -0.25) is 37.3 Å². The quantitative estimate of drug-likeness (QED) is 0.0169. The molecule has 0 aromatic heterocycles. The molecule has 19 heteroatoms. The third-order valence-corrected chi connectivity index (χ3v) is 17.8. The average Bonchev–Trinajstić information content (AvgIpc) is 3.31. The van der Waals surface area contributed by atoms with E-state index in [9.17, 15) is 43.2 Å². The van der Waals surface area contributed by atoms with Gasteiger partial charge in [-0.25, -0.2) is 9.13 Å². The van der Waals surface area contributed by atoms with E-state index in [4.69, 9.17) is 37.0 Å². The van der Waals surface area contributed by atoms with Crippen LogP contribution in [0.3, 0.4) is 0 Å². The predicted molar refractivity (Wildman–Crippen MR) is 363 cm³/mol. The number of ether oxygens (including phenoxy) is 4. The van der Waals surface area contributed by atoms with E-state index in [0.29, 0.717) is 25.7 Å². The molecule has 4 unspecified atom stereocenters. The van der Waals surface area contributed by atoms with Gasteiger partial charge in [0.2, 0.25) is 0 Å². The fourth-order valence-corrected chi connectivity index (χ4v) is 11.2. The molecule has 0 aromatic rings. The number of hydrogen-bond acceptors (Lipinski definition) is 15. The summed E-state index contributed by atoms with van der Waals surface area (Å²) in [6.45, 7) is 9.32.